The first-order valence-corrected chi connectivity index (χ1v) is 8.73. The monoisotopic (exact) mass is 326 g/mol. The fourth-order valence-corrected chi connectivity index (χ4v) is 3.42. The van der Waals surface area contributed by atoms with Gasteiger partial charge in [-0.3, -0.25) is 9.48 Å². The molecular formula is C19H26N4O. The van der Waals surface area contributed by atoms with Crippen LogP contribution in [0.3, 0.4) is 0 Å². The lowest BCUT2D eigenvalue weighted by atomic mass is 9.92. The van der Waals surface area contributed by atoms with E-state index in [9.17, 15) is 4.79 Å². The molecule has 1 saturated heterocycles. The van der Waals surface area contributed by atoms with Gasteiger partial charge in [0.1, 0.15) is 0 Å². The van der Waals surface area contributed by atoms with Crippen molar-refractivity contribution in [3.05, 3.63) is 53.9 Å². The lowest BCUT2D eigenvalue weighted by molar-refractivity contribution is -0.124. The molecule has 3 rings (SSSR count). The van der Waals surface area contributed by atoms with Crippen LogP contribution in [0.15, 0.2) is 42.7 Å². The van der Waals surface area contributed by atoms with E-state index in [1.807, 2.05) is 25.5 Å². The van der Waals surface area contributed by atoms with Gasteiger partial charge >= 0.3 is 0 Å². The third kappa shape index (κ3) is 4.03. The number of carbonyl (C=O) groups is 1. The van der Waals surface area contributed by atoms with Crippen molar-refractivity contribution in [3.8, 4) is 0 Å². The number of aromatic nitrogens is 2. The van der Waals surface area contributed by atoms with E-state index in [2.05, 4.69) is 46.9 Å². The summed E-state index contributed by atoms with van der Waals surface area (Å²) in [6.07, 6.45) is 7.33. The molecule has 2 N–H and O–H groups in total. The molecule has 2 aromatic rings. The van der Waals surface area contributed by atoms with E-state index in [1.165, 1.54) is 5.56 Å². The number of nitrogens with zero attached hydrogens (tertiary/aromatic N) is 2. The van der Waals surface area contributed by atoms with Crippen LogP contribution in [0.4, 0.5) is 0 Å². The molecule has 5 heteroatoms. The molecule has 0 unspecified atom stereocenters. The second-order valence-corrected chi connectivity index (χ2v) is 6.60. The summed E-state index contributed by atoms with van der Waals surface area (Å²) in [5, 5.41) is 11.2. The normalized spacial score (nSPS) is 22.2. The minimum absolute atomic E-state index is 0.00947. The molecule has 128 valence electrons. The van der Waals surface area contributed by atoms with Gasteiger partial charge in [0, 0.05) is 37.3 Å². The molecule has 0 bridgehead atoms. The van der Waals surface area contributed by atoms with E-state index in [-0.39, 0.29) is 18.0 Å². The highest BCUT2D eigenvalue weighted by Crippen LogP contribution is 2.25. The fraction of sp³-hybridized carbons (Fsp3) is 0.474. The maximum absolute atomic E-state index is 11.9. The Morgan fingerprint density at radius 1 is 1.38 bits per heavy atom. The molecule has 0 radical (unpaired) electrons. The molecule has 1 amide bonds. The minimum atomic E-state index is -0.00947. The Balaban J connectivity index is 1.71. The average Bonchev–Trinajstić information content (AvgIpc) is 3.03. The minimum Gasteiger partial charge on any atom is -0.348 e. The van der Waals surface area contributed by atoms with Crippen LogP contribution in [0.5, 0.6) is 0 Å². The Morgan fingerprint density at radius 3 is 2.83 bits per heavy atom. The molecule has 1 aliphatic rings. The van der Waals surface area contributed by atoms with Gasteiger partial charge in [0.15, 0.2) is 0 Å². The molecule has 3 atom stereocenters. The molecule has 1 aliphatic heterocycles. The predicted octanol–water partition coefficient (Wildman–Crippen LogP) is 2.35. The molecule has 2 heterocycles. The summed E-state index contributed by atoms with van der Waals surface area (Å²) in [5.74, 6) is 0.123. The highest BCUT2D eigenvalue weighted by Gasteiger charge is 2.31. The van der Waals surface area contributed by atoms with Gasteiger partial charge in [-0.05, 0) is 24.8 Å². The summed E-state index contributed by atoms with van der Waals surface area (Å²) in [6.45, 7) is 2.21. The Bertz CT molecular complexity index is 667. The fourth-order valence-electron chi connectivity index (χ4n) is 3.42. The van der Waals surface area contributed by atoms with Crippen molar-refractivity contribution in [2.45, 2.75) is 50.7 Å². The number of hydrogen-bond acceptors (Lipinski definition) is 3. The topological polar surface area (TPSA) is 59.0 Å². The summed E-state index contributed by atoms with van der Waals surface area (Å²) < 4.78 is 1.79. The van der Waals surface area contributed by atoms with Gasteiger partial charge in [0.25, 0.3) is 0 Å². The molecule has 5 nitrogen and oxygen atoms in total. The van der Waals surface area contributed by atoms with Gasteiger partial charge in [-0.25, -0.2) is 0 Å². The lowest BCUT2D eigenvalue weighted by Crippen LogP contribution is -2.51. The zero-order valence-corrected chi connectivity index (χ0v) is 14.4. The number of piperidine rings is 1. The van der Waals surface area contributed by atoms with Crippen LogP contribution in [0, 0.1) is 0 Å². The maximum Gasteiger partial charge on any atom is 0.220 e. The summed E-state index contributed by atoms with van der Waals surface area (Å²) >= 11 is 0. The number of rotatable bonds is 6. The van der Waals surface area contributed by atoms with Crippen LogP contribution in [0.1, 0.15) is 43.4 Å². The Labute approximate surface area is 143 Å². The molecular weight excluding hydrogens is 300 g/mol. The molecule has 0 aliphatic carbocycles. The largest absolute Gasteiger partial charge is 0.348 e. The first-order valence-electron chi connectivity index (χ1n) is 8.73. The first-order chi connectivity index (χ1) is 11.7. The lowest BCUT2D eigenvalue weighted by Gasteiger charge is -2.35. The smallest absolute Gasteiger partial charge is 0.220 e. The van der Waals surface area contributed by atoms with Crippen molar-refractivity contribution in [2.24, 2.45) is 7.05 Å². The van der Waals surface area contributed by atoms with Gasteiger partial charge in [-0.1, -0.05) is 37.3 Å². The van der Waals surface area contributed by atoms with Crippen molar-refractivity contribution in [1.29, 1.82) is 0 Å². The van der Waals surface area contributed by atoms with Crippen LogP contribution in [0.2, 0.25) is 0 Å². The zero-order valence-electron chi connectivity index (χ0n) is 14.4. The third-order valence-electron chi connectivity index (χ3n) is 4.75. The summed E-state index contributed by atoms with van der Waals surface area (Å²) in [5.41, 5.74) is 2.41. The maximum atomic E-state index is 11.9. The van der Waals surface area contributed by atoms with E-state index in [4.69, 9.17) is 0 Å². The van der Waals surface area contributed by atoms with Gasteiger partial charge < -0.3 is 10.6 Å². The van der Waals surface area contributed by atoms with E-state index in [0.717, 1.165) is 24.8 Å². The van der Waals surface area contributed by atoms with Crippen LogP contribution in [-0.2, 0) is 18.3 Å². The van der Waals surface area contributed by atoms with Crippen LogP contribution in [-0.4, -0.2) is 27.8 Å². The van der Waals surface area contributed by atoms with Crippen molar-refractivity contribution in [1.82, 2.24) is 20.4 Å². The number of aryl methyl sites for hydroxylation is 1. The second kappa shape index (κ2) is 7.62. The number of amides is 1. The van der Waals surface area contributed by atoms with Crippen LogP contribution >= 0.6 is 0 Å². The standard InChI is InChI=1S/C19H26N4O/c1-3-16(11-14-7-5-4-6-8-14)21-17-9-10-18(24)22-19(17)15-12-20-23(2)13-15/h4-8,12-13,16-17,19,21H,3,9-11H2,1-2H3,(H,22,24)/t16-,17-,19+/m1/s1. The number of carbonyl (C=O) groups excluding carboxylic acids is 1. The third-order valence-corrected chi connectivity index (χ3v) is 4.75. The van der Waals surface area contributed by atoms with Crippen LogP contribution in [0.25, 0.3) is 0 Å². The zero-order chi connectivity index (χ0) is 16.9. The SMILES string of the molecule is CC[C@H](Cc1ccccc1)N[C@@H]1CCC(=O)N[C@H]1c1cnn(C)c1. The molecule has 1 aromatic carbocycles. The number of nitrogens with one attached hydrogen (secondary N) is 2. The van der Waals surface area contributed by atoms with Gasteiger partial charge in [-0.15, -0.1) is 0 Å². The summed E-state index contributed by atoms with van der Waals surface area (Å²) in [6, 6.07) is 11.2. The van der Waals surface area contributed by atoms with Gasteiger partial charge in [0.2, 0.25) is 5.91 Å². The Morgan fingerprint density at radius 2 is 2.17 bits per heavy atom. The molecule has 1 aromatic heterocycles. The average molecular weight is 326 g/mol. The molecule has 0 spiro atoms. The van der Waals surface area contributed by atoms with E-state index in [1.54, 1.807) is 4.68 Å². The van der Waals surface area contributed by atoms with E-state index >= 15 is 0 Å². The van der Waals surface area contributed by atoms with Crippen LogP contribution < -0.4 is 10.6 Å². The first kappa shape index (κ1) is 16.7. The number of hydrogen-bond donors (Lipinski definition) is 2. The Hall–Kier alpha value is -2.14. The van der Waals surface area contributed by atoms with Crippen molar-refractivity contribution in [3.63, 3.8) is 0 Å². The second-order valence-electron chi connectivity index (χ2n) is 6.60. The quantitative estimate of drug-likeness (QED) is 0.857. The van der Waals surface area contributed by atoms with E-state index < -0.39 is 0 Å². The highest BCUT2D eigenvalue weighted by atomic mass is 16.1. The summed E-state index contributed by atoms with van der Waals surface area (Å²) in [7, 11) is 1.90. The number of benzene rings is 1. The molecule has 1 fully saturated rings. The van der Waals surface area contributed by atoms with Gasteiger partial charge in [-0.2, -0.15) is 5.10 Å². The highest BCUT2D eigenvalue weighted by molar-refractivity contribution is 5.77. The van der Waals surface area contributed by atoms with Gasteiger partial charge in [0.05, 0.1) is 12.2 Å². The van der Waals surface area contributed by atoms with Crippen molar-refractivity contribution < 1.29 is 4.79 Å². The molecule has 0 saturated carbocycles. The van der Waals surface area contributed by atoms with Crippen molar-refractivity contribution in [2.75, 3.05) is 0 Å². The van der Waals surface area contributed by atoms with Crippen molar-refractivity contribution >= 4 is 5.91 Å². The van der Waals surface area contributed by atoms with E-state index in [0.29, 0.717) is 12.5 Å². The Kier molecular flexibility index (Phi) is 5.30. The molecule has 24 heavy (non-hydrogen) atoms. The predicted molar refractivity (Wildman–Crippen MR) is 94.5 cm³/mol. The summed E-state index contributed by atoms with van der Waals surface area (Å²) in [4.78, 5) is 11.9.